The third kappa shape index (κ3) is 2.06. The Balaban J connectivity index is 2.51. The molecule has 88 valence electrons. The van der Waals surface area contributed by atoms with Crippen molar-refractivity contribution in [1.29, 1.82) is 10.5 Å². The van der Waals surface area contributed by atoms with Gasteiger partial charge in [0, 0.05) is 5.69 Å². The minimum absolute atomic E-state index is 0.116. The number of amides is 1. The van der Waals surface area contributed by atoms with E-state index in [4.69, 9.17) is 10.5 Å². The van der Waals surface area contributed by atoms with Gasteiger partial charge in [0.05, 0.1) is 5.75 Å². The van der Waals surface area contributed by atoms with Gasteiger partial charge in [0.15, 0.2) is 5.57 Å². The van der Waals surface area contributed by atoms with Crippen LogP contribution >= 0.6 is 11.8 Å². The molecule has 4 nitrogen and oxygen atoms in total. The van der Waals surface area contributed by atoms with Gasteiger partial charge in [-0.05, 0) is 24.3 Å². The first-order valence-electron chi connectivity index (χ1n) is 4.93. The summed E-state index contributed by atoms with van der Waals surface area (Å²) in [6.45, 7) is 0. The standard InChI is InChI=1S/C12H6FN3OS/c13-9-1-3-10(4-2-9)16-11(17)7-18-12(16)8(5-14)6-15/h1-4H,7H2. The second-order valence-electron chi connectivity index (χ2n) is 3.40. The number of nitrogens with zero attached hydrogens (tertiary/aromatic N) is 3. The van der Waals surface area contributed by atoms with Crippen molar-refractivity contribution in [1.82, 2.24) is 0 Å². The second kappa shape index (κ2) is 4.91. The van der Waals surface area contributed by atoms with Crippen LogP contribution in [0.4, 0.5) is 10.1 Å². The number of rotatable bonds is 1. The Morgan fingerprint density at radius 3 is 2.44 bits per heavy atom. The molecule has 2 rings (SSSR count). The van der Waals surface area contributed by atoms with Crippen LogP contribution in [0.2, 0.25) is 0 Å². The van der Waals surface area contributed by atoms with E-state index in [1.54, 1.807) is 12.1 Å². The maximum Gasteiger partial charge on any atom is 0.242 e. The third-order valence-corrected chi connectivity index (χ3v) is 3.36. The van der Waals surface area contributed by atoms with Gasteiger partial charge in [-0.3, -0.25) is 9.69 Å². The van der Waals surface area contributed by atoms with Crippen LogP contribution in [0.15, 0.2) is 34.9 Å². The van der Waals surface area contributed by atoms with Crippen molar-refractivity contribution in [3.63, 3.8) is 0 Å². The van der Waals surface area contributed by atoms with Crippen molar-refractivity contribution in [2.24, 2.45) is 0 Å². The zero-order valence-corrected chi connectivity index (χ0v) is 9.87. The van der Waals surface area contributed by atoms with Gasteiger partial charge >= 0.3 is 0 Å². The van der Waals surface area contributed by atoms with Crippen molar-refractivity contribution in [2.75, 3.05) is 10.7 Å². The van der Waals surface area contributed by atoms with Crippen LogP contribution in [0.5, 0.6) is 0 Å². The van der Waals surface area contributed by atoms with Crippen molar-refractivity contribution >= 4 is 23.4 Å². The molecule has 0 spiro atoms. The fraction of sp³-hybridized carbons (Fsp3) is 0.0833. The molecule has 0 aliphatic carbocycles. The molecule has 0 saturated carbocycles. The highest BCUT2D eigenvalue weighted by atomic mass is 32.2. The molecule has 1 aliphatic heterocycles. The normalized spacial score (nSPS) is 14.3. The summed E-state index contributed by atoms with van der Waals surface area (Å²) < 4.78 is 12.8. The molecule has 1 aromatic rings. The number of thioether (sulfide) groups is 1. The molecule has 0 bridgehead atoms. The van der Waals surface area contributed by atoms with Crippen molar-refractivity contribution in [2.45, 2.75) is 0 Å². The summed E-state index contributed by atoms with van der Waals surface area (Å²) >= 11 is 1.13. The topological polar surface area (TPSA) is 67.9 Å². The fourth-order valence-electron chi connectivity index (χ4n) is 1.53. The number of anilines is 1. The Hall–Kier alpha value is -2.31. The van der Waals surface area contributed by atoms with E-state index in [0.29, 0.717) is 10.7 Å². The largest absolute Gasteiger partial charge is 0.273 e. The molecule has 0 unspecified atom stereocenters. The highest BCUT2D eigenvalue weighted by molar-refractivity contribution is 8.04. The van der Waals surface area contributed by atoms with Crippen molar-refractivity contribution in [3.8, 4) is 12.1 Å². The summed E-state index contributed by atoms with van der Waals surface area (Å²) in [4.78, 5) is 13.0. The molecule has 1 saturated heterocycles. The minimum atomic E-state index is -0.413. The molecule has 0 radical (unpaired) electrons. The lowest BCUT2D eigenvalue weighted by molar-refractivity contribution is -0.115. The highest BCUT2D eigenvalue weighted by Gasteiger charge is 2.31. The molecule has 1 heterocycles. The average Bonchev–Trinajstić information content (AvgIpc) is 2.74. The zero-order valence-electron chi connectivity index (χ0n) is 9.05. The summed E-state index contributed by atoms with van der Waals surface area (Å²) in [5.74, 6) is -0.478. The summed E-state index contributed by atoms with van der Waals surface area (Å²) in [5.41, 5.74) is 0.333. The van der Waals surface area contributed by atoms with E-state index >= 15 is 0 Å². The Labute approximate surface area is 107 Å². The SMILES string of the molecule is N#CC(C#N)=C1SCC(=O)N1c1ccc(F)cc1. The molecule has 6 heteroatoms. The van der Waals surface area contributed by atoms with Crippen LogP contribution < -0.4 is 4.90 Å². The van der Waals surface area contributed by atoms with E-state index < -0.39 is 5.82 Å². The average molecular weight is 259 g/mol. The van der Waals surface area contributed by atoms with E-state index in [1.807, 2.05) is 0 Å². The smallest absolute Gasteiger partial charge is 0.242 e. The number of carbonyl (C=O) groups excluding carboxylic acids is 1. The molecule has 1 aliphatic rings. The molecule has 1 aromatic carbocycles. The van der Waals surface area contributed by atoms with Crippen LogP contribution in [0, 0.1) is 28.5 Å². The Morgan fingerprint density at radius 1 is 1.28 bits per heavy atom. The molecule has 0 aromatic heterocycles. The molecule has 1 amide bonds. The number of allylic oxidation sites excluding steroid dienone is 1. The van der Waals surface area contributed by atoms with Crippen LogP contribution in [0.25, 0.3) is 0 Å². The summed E-state index contributed by atoms with van der Waals surface area (Å²) in [6.07, 6.45) is 0. The molecular weight excluding hydrogens is 253 g/mol. The quantitative estimate of drug-likeness (QED) is 0.725. The van der Waals surface area contributed by atoms with E-state index in [1.165, 1.54) is 29.2 Å². The number of benzene rings is 1. The molecule has 1 fully saturated rings. The lowest BCUT2D eigenvalue weighted by atomic mass is 10.2. The Bertz CT molecular complexity index is 594. The van der Waals surface area contributed by atoms with Crippen molar-refractivity contribution in [3.05, 3.63) is 40.7 Å². The number of hydrogen-bond acceptors (Lipinski definition) is 4. The summed E-state index contributed by atoms with van der Waals surface area (Å²) in [7, 11) is 0. The van der Waals surface area contributed by atoms with Gasteiger partial charge in [-0.2, -0.15) is 10.5 Å². The fourth-order valence-corrected chi connectivity index (χ4v) is 2.49. The molecule has 0 atom stereocenters. The van der Waals surface area contributed by atoms with Gasteiger partial charge in [-0.25, -0.2) is 4.39 Å². The van der Waals surface area contributed by atoms with Gasteiger partial charge < -0.3 is 0 Å². The predicted octanol–water partition coefficient (Wildman–Crippen LogP) is 2.16. The lowest BCUT2D eigenvalue weighted by Crippen LogP contribution is -2.24. The lowest BCUT2D eigenvalue weighted by Gasteiger charge is -2.16. The van der Waals surface area contributed by atoms with Crippen LogP contribution in [-0.4, -0.2) is 11.7 Å². The first-order valence-corrected chi connectivity index (χ1v) is 5.91. The van der Waals surface area contributed by atoms with E-state index in [-0.39, 0.29) is 17.2 Å². The summed E-state index contributed by atoms with van der Waals surface area (Å²) in [6, 6.07) is 8.83. The van der Waals surface area contributed by atoms with Crippen LogP contribution in [0.3, 0.4) is 0 Å². The van der Waals surface area contributed by atoms with Gasteiger partial charge in [0.2, 0.25) is 5.91 Å². The highest BCUT2D eigenvalue weighted by Crippen LogP contribution is 2.35. The number of nitriles is 2. The Kier molecular flexibility index (Phi) is 3.31. The zero-order chi connectivity index (χ0) is 13.1. The molecular formula is C12H6FN3OS. The first kappa shape index (κ1) is 12.2. The van der Waals surface area contributed by atoms with E-state index in [9.17, 15) is 9.18 Å². The van der Waals surface area contributed by atoms with Crippen LogP contribution in [0.1, 0.15) is 0 Å². The van der Waals surface area contributed by atoms with Gasteiger partial charge in [0.1, 0.15) is 23.0 Å². The van der Waals surface area contributed by atoms with Gasteiger partial charge in [-0.1, -0.05) is 11.8 Å². The third-order valence-electron chi connectivity index (χ3n) is 2.31. The predicted molar refractivity (Wildman–Crippen MR) is 64.6 cm³/mol. The summed E-state index contributed by atoms with van der Waals surface area (Å²) in [5, 5.41) is 18.0. The maximum atomic E-state index is 12.8. The maximum absolute atomic E-state index is 12.8. The number of halogens is 1. The molecule has 0 N–H and O–H groups in total. The monoisotopic (exact) mass is 259 g/mol. The number of hydrogen-bond donors (Lipinski definition) is 0. The Morgan fingerprint density at radius 2 is 1.89 bits per heavy atom. The van der Waals surface area contributed by atoms with Gasteiger partial charge in [-0.15, -0.1) is 0 Å². The van der Waals surface area contributed by atoms with Crippen molar-refractivity contribution < 1.29 is 9.18 Å². The van der Waals surface area contributed by atoms with E-state index in [2.05, 4.69) is 0 Å². The number of carbonyl (C=O) groups is 1. The molecule has 18 heavy (non-hydrogen) atoms. The van der Waals surface area contributed by atoms with Crippen LogP contribution in [-0.2, 0) is 4.79 Å². The minimum Gasteiger partial charge on any atom is -0.273 e. The second-order valence-corrected chi connectivity index (χ2v) is 4.36. The van der Waals surface area contributed by atoms with E-state index in [0.717, 1.165) is 11.8 Å². The van der Waals surface area contributed by atoms with Gasteiger partial charge in [0.25, 0.3) is 0 Å². The first-order chi connectivity index (χ1) is 8.67.